The monoisotopic (exact) mass is 395 g/mol. The highest BCUT2D eigenvalue weighted by molar-refractivity contribution is 7.13. The summed E-state index contributed by atoms with van der Waals surface area (Å²) in [4.78, 5) is 5.13. The zero-order valence-electron chi connectivity index (χ0n) is 14.8. The number of hydrogen-bond donors (Lipinski definition) is 0. The Balaban J connectivity index is 2.08. The summed E-state index contributed by atoms with van der Waals surface area (Å²) >= 11 is 1.34. The van der Waals surface area contributed by atoms with Crippen molar-refractivity contribution in [3.05, 3.63) is 47.5 Å². The standard InChI is InChI=1S/C19H16F3NO3S/c1-24-14-8-12(9-15(25-2)17(14)26-3)16-18(27-10-23-16)11-4-6-13(7-5-11)19(20,21)22/h4-10H,1-3H3. The summed E-state index contributed by atoms with van der Waals surface area (Å²) in [5.41, 5.74) is 2.94. The minimum absolute atomic E-state index is 0.454. The van der Waals surface area contributed by atoms with Crippen LogP contribution in [0.4, 0.5) is 13.2 Å². The van der Waals surface area contributed by atoms with Gasteiger partial charge in [-0.15, -0.1) is 11.3 Å². The van der Waals surface area contributed by atoms with Crippen molar-refractivity contribution < 1.29 is 27.4 Å². The van der Waals surface area contributed by atoms with Crippen LogP contribution in [-0.4, -0.2) is 26.3 Å². The Bertz CT molecular complexity index is 911. The van der Waals surface area contributed by atoms with E-state index in [1.165, 1.54) is 44.8 Å². The second-order valence-corrected chi connectivity index (χ2v) is 6.37. The molecule has 2 aromatic carbocycles. The minimum Gasteiger partial charge on any atom is -0.493 e. The molecule has 0 saturated heterocycles. The molecule has 4 nitrogen and oxygen atoms in total. The largest absolute Gasteiger partial charge is 0.493 e. The van der Waals surface area contributed by atoms with Crippen LogP contribution in [0.3, 0.4) is 0 Å². The molecule has 3 aromatic rings. The molecule has 0 N–H and O–H groups in total. The fourth-order valence-corrected chi connectivity index (χ4v) is 3.50. The smallest absolute Gasteiger partial charge is 0.416 e. The lowest BCUT2D eigenvalue weighted by molar-refractivity contribution is -0.137. The number of thiazole rings is 1. The first-order valence-electron chi connectivity index (χ1n) is 7.80. The van der Waals surface area contributed by atoms with Crippen LogP contribution in [0.25, 0.3) is 21.7 Å². The van der Waals surface area contributed by atoms with Gasteiger partial charge in [0.2, 0.25) is 5.75 Å². The third-order valence-corrected chi connectivity index (χ3v) is 4.86. The van der Waals surface area contributed by atoms with Gasteiger partial charge in [0.15, 0.2) is 11.5 Å². The number of alkyl halides is 3. The molecule has 3 rings (SSSR count). The highest BCUT2D eigenvalue weighted by Crippen LogP contribution is 2.44. The Hall–Kier alpha value is -2.74. The summed E-state index contributed by atoms with van der Waals surface area (Å²) in [7, 11) is 4.54. The fourth-order valence-electron chi connectivity index (χ4n) is 2.68. The third-order valence-electron chi connectivity index (χ3n) is 3.98. The summed E-state index contributed by atoms with van der Waals surface area (Å²) < 4.78 is 54.4. The summed E-state index contributed by atoms with van der Waals surface area (Å²) in [5, 5.41) is 0. The van der Waals surface area contributed by atoms with Crippen molar-refractivity contribution >= 4 is 11.3 Å². The zero-order valence-corrected chi connectivity index (χ0v) is 15.6. The Kier molecular flexibility index (Phi) is 5.27. The van der Waals surface area contributed by atoms with Crippen molar-refractivity contribution in [1.29, 1.82) is 0 Å². The molecule has 1 aromatic heterocycles. The molecule has 142 valence electrons. The van der Waals surface area contributed by atoms with Gasteiger partial charge in [0.1, 0.15) is 0 Å². The molecule has 0 bridgehead atoms. The van der Waals surface area contributed by atoms with Crippen LogP contribution >= 0.6 is 11.3 Å². The Morgan fingerprint density at radius 3 is 1.93 bits per heavy atom. The molecule has 0 aliphatic heterocycles. The second kappa shape index (κ2) is 7.48. The number of aromatic nitrogens is 1. The van der Waals surface area contributed by atoms with Crippen LogP contribution in [0, 0.1) is 0 Å². The third kappa shape index (κ3) is 3.71. The first kappa shape index (κ1) is 19.0. The average molecular weight is 395 g/mol. The predicted molar refractivity (Wildman–Crippen MR) is 97.6 cm³/mol. The van der Waals surface area contributed by atoms with Crippen LogP contribution < -0.4 is 14.2 Å². The maximum atomic E-state index is 12.8. The summed E-state index contributed by atoms with van der Waals surface area (Å²) in [6, 6.07) is 8.52. The molecule has 27 heavy (non-hydrogen) atoms. The normalized spacial score (nSPS) is 11.3. The number of rotatable bonds is 5. The molecule has 0 radical (unpaired) electrons. The SMILES string of the molecule is COc1cc(-c2ncsc2-c2ccc(C(F)(F)F)cc2)cc(OC)c1OC. The molecule has 0 saturated carbocycles. The molecule has 0 fully saturated rings. The van der Waals surface area contributed by atoms with Gasteiger partial charge in [0, 0.05) is 5.56 Å². The van der Waals surface area contributed by atoms with Crippen LogP contribution in [0.2, 0.25) is 0 Å². The summed E-state index contributed by atoms with van der Waals surface area (Å²) in [5.74, 6) is 1.39. The quantitative estimate of drug-likeness (QED) is 0.570. The summed E-state index contributed by atoms with van der Waals surface area (Å²) in [6.07, 6.45) is -4.37. The molecule has 0 amide bonds. The van der Waals surface area contributed by atoms with E-state index in [0.29, 0.717) is 34.1 Å². The Morgan fingerprint density at radius 2 is 1.44 bits per heavy atom. The van der Waals surface area contributed by atoms with E-state index in [-0.39, 0.29) is 0 Å². The van der Waals surface area contributed by atoms with E-state index >= 15 is 0 Å². The molecular formula is C19H16F3NO3S. The van der Waals surface area contributed by atoms with Crippen LogP contribution in [0.5, 0.6) is 17.2 Å². The van der Waals surface area contributed by atoms with E-state index < -0.39 is 11.7 Å². The van der Waals surface area contributed by atoms with E-state index in [1.54, 1.807) is 17.6 Å². The number of hydrogen-bond acceptors (Lipinski definition) is 5. The summed E-state index contributed by atoms with van der Waals surface area (Å²) in [6.45, 7) is 0. The maximum Gasteiger partial charge on any atom is 0.416 e. The van der Waals surface area contributed by atoms with Crippen molar-refractivity contribution in [1.82, 2.24) is 4.98 Å². The molecule has 0 unspecified atom stereocenters. The van der Waals surface area contributed by atoms with E-state index in [9.17, 15) is 13.2 Å². The lowest BCUT2D eigenvalue weighted by Crippen LogP contribution is -2.03. The average Bonchev–Trinajstić information content (AvgIpc) is 3.16. The molecule has 0 spiro atoms. The van der Waals surface area contributed by atoms with E-state index in [4.69, 9.17) is 14.2 Å². The molecule has 1 heterocycles. The molecular weight excluding hydrogens is 379 g/mol. The zero-order chi connectivity index (χ0) is 19.6. The van der Waals surface area contributed by atoms with Crippen LogP contribution in [0.15, 0.2) is 41.9 Å². The number of benzene rings is 2. The Morgan fingerprint density at radius 1 is 0.852 bits per heavy atom. The van der Waals surface area contributed by atoms with Gasteiger partial charge >= 0.3 is 6.18 Å². The van der Waals surface area contributed by atoms with E-state index in [0.717, 1.165) is 17.0 Å². The van der Waals surface area contributed by atoms with Gasteiger partial charge in [-0.05, 0) is 29.8 Å². The van der Waals surface area contributed by atoms with Crippen molar-refractivity contribution in [3.8, 4) is 38.9 Å². The van der Waals surface area contributed by atoms with E-state index in [1.807, 2.05) is 0 Å². The van der Waals surface area contributed by atoms with Crippen molar-refractivity contribution in [2.24, 2.45) is 0 Å². The second-order valence-electron chi connectivity index (χ2n) is 5.52. The topological polar surface area (TPSA) is 40.6 Å². The van der Waals surface area contributed by atoms with Crippen molar-refractivity contribution in [2.45, 2.75) is 6.18 Å². The lowest BCUT2D eigenvalue weighted by Gasteiger charge is -2.14. The maximum absolute atomic E-state index is 12.8. The van der Waals surface area contributed by atoms with Gasteiger partial charge < -0.3 is 14.2 Å². The first-order valence-corrected chi connectivity index (χ1v) is 8.68. The number of halogens is 3. The Labute approximate surface area is 158 Å². The highest BCUT2D eigenvalue weighted by atomic mass is 32.1. The van der Waals surface area contributed by atoms with E-state index in [2.05, 4.69) is 4.98 Å². The predicted octanol–water partition coefficient (Wildman–Crippen LogP) is 5.52. The highest BCUT2D eigenvalue weighted by Gasteiger charge is 2.30. The fraction of sp³-hybridized carbons (Fsp3) is 0.211. The van der Waals surface area contributed by atoms with Gasteiger partial charge in [0.25, 0.3) is 0 Å². The van der Waals surface area contributed by atoms with Gasteiger partial charge in [-0.1, -0.05) is 12.1 Å². The van der Waals surface area contributed by atoms with Crippen molar-refractivity contribution in [3.63, 3.8) is 0 Å². The number of nitrogens with zero attached hydrogens (tertiary/aromatic N) is 1. The first-order chi connectivity index (χ1) is 12.9. The van der Waals surface area contributed by atoms with Gasteiger partial charge in [-0.2, -0.15) is 13.2 Å². The van der Waals surface area contributed by atoms with Gasteiger partial charge in [0.05, 0.1) is 43.0 Å². The number of methoxy groups -OCH3 is 3. The number of ether oxygens (including phenoxy) is 3. The van der Waals surface area contributed by atoms with Gasteiger partial charge in [-0.25, -0.2) is 4.98 Å². The molecule has 8 heteroatoms. The van der Waals surface area contributed by atoms with Gasteiger partial charge in [-0.3, -0.25) is 0 Å². The van der Waals surface area contributed by atoms with Crippen LogP contribution in [0.1, 0.15) is 5.56 Å². The molecule has 0 atom stereocenters. The minimum atomic E-state index is -4.37. The van der Waals surface area contributed by atoms with Crippen LogP contribution in [-0.2, 0) is 6.18 Å². The lowest BCUT2D eigenvalue weighted by atomic mass is 10.0. The molecule has 0 aliphatic rings. The molecule has 0 aliphatic carbocycles. The van der Waals surface area contributed by atoms with Crippen molar-refractivity contribution in [2.75, 3.05) is 21.3 Å².